The molecule has 0 aliphatic heterocycles. The van der Waals surface area contributed by atoms with Crippen LogP contribution in [-0.2, 0) is 16.1 Å². The number of hydrogen-bond donors (Lipinski definition) is 2. The topological polar surface area (TPSA) is 76.0 Å². The number of amides is 2. The average Bonchev–Trinajstić information content (AvgIpc) is 3.17. The second kappa shape index (κ2) is 11.2. The smallest absolute Gasteiger partial charge is 0.240 e. The van der Waals surface area contributed by atoms with E-state index in [0.29, 0.717) is 11.7 Å². The second-order valence-corrected chi connectivity index (χ2v) is 9.32. The summed E-state index contributed by atoms with van der Waals surface area (Å²) in [6.07, 6.45) is 8.05. The highest BCUT2D eigenvalue weighted by Gasteiger charge is 2.16. The number of imidazole rings is 1. The van der Waals surface area contributed by atoms with Crippen molar-refractivity contribution in [3.8, 4) is 0 Å². The lowest BCUT2D eigenvalue weighted by Gasteiger charge is -2.13. The molecule has 1 aromatic heterocycles. The molecule has 2 N–H and O–H groups in total. The summed E-state index contributed by atoms with van der Waals surface area (Å²) in [6, 6.07) is 15.5. The number of carbonyl (C=O) groups excluding carboxylic acids is 2. The number of rotatable bonds is 9. The number of allylic oxidation sites excluding steroid dienone is 1. The molecule has 0 fully saturated rings. The first-order valence-electron chi connectivity index (χ1n) is 11.5. The van der Waals surface area contributed by atoms with Crippen LogP contribution in [-0.4, -0.2) is 33.7 Å². The molecule has 0 bridgehead atoms. The number of anilines is 1. The number of aryl methyl sites for hydroxylation is 1. The van der Waals surface area contributed by atoms with Crippen LogP contribution in [0, 0.1) is 6.92 Å². The SMILES string of the molecule is Cc1ccc(NC(=O)CSc2nc3ccccc3n2CC(=O)NCCC2=CCCCC2)cc1. The van der Waals surface area contributed by atoms with Gasteiger partial charge in [0.15, 0.2) is 5.16 Å². The summed E-state index contributed by atoms with van der Waals surface area (Å²) < 4.78 is 1.90. The number of thioether (sulfide) groups is 1. The minimum absolute atomic E-state index is 0.0412. The van der Waals surface area contributed by atoms with Crippen molar-refractivity contribution in [1.82, 2.24) is 14.9 Å². The summed E-state index contributed by atoms with van der Waals surface area (Å²) >= 11 is 1.34. The lowest BCUT2D eigenvalue weighted by molar-refractivity contribution is -0.121. The van der Waals surface area contributed by atoms with Gasteiger partial charge in [0.1, 0.15) is 6.54 Å². The van der Waals surface area contributed by atoms with Gasteiger partial charge in [0, 0.05) is 12.2 Å². The van der Waals surface area contributed by atoms with Gasteiger partial charge in [0.05, 0.1) is 16.8 Å². The molecule has 0 unspecified atom stereocenters. The maximum Gasteiger partial charge on any atom is 0.240 e. The molecule has 0 spiro atoms. The molecule has 1 aliphatic rings. The van der Waals surface area contributed by atoms with Gasteiger partial charge < -0.3 is 15.2 Å². The second-order valence-electron chi connectivity index (χ2n) is 8.38. The number of aromatic nitrogens is 2. The van der Waals surface area contributed by atoms with Crippen molar-refractivity contribution in [3.63, 3.8) is 0 Å². The van der Waals surface area contributed by atoms with Gasteiger partial charge >= 0.3 is 0 Å². The van der Waals surface area contributed by atoms with Crippen molar-refractivity contribution in [2.24, 2.45) is 0 Å². The number of hydrogen-bond acceptors (Lipinski definition) is 4. The standard InChI is InChI=1S/C26H30N4O2S/c1-19-11-13-21(14-12-19)28-25(32)18-33-26-29-22-9-5-6-10-23(22)30(26)17-24(31)27-16-15-20-7-3-2-4-8-20/h5-7,9-14H,2-4,8,15-18H2,1H3,(H,27,31)(H,28,32). The van der Waals surface area contributed by atoms with Gasteiger partial charge in [-0.15, -0.1) is 0 Å². The van der Waals surface area contributed by atoms with Crippen LogP contribution in [0.2, 0.25) is 0 Å². The molecule has 0 saturated carbocycles. The van der Waals surface area contributed by atoms with Crippen LogP contribution < -0.4 is 10.6 Å². The molecule has 172 valence electrons. The Hall–Kier alpha value is -3.06. The van der Waals surface area contributed by atoms with E-state index in [2.05, 4.69) is 21.7 Å². The first kappa shape index (κ1) is 23.1. The molecule has 0 radical (unpaired) electrons. The van der Waals surface area contributed by atoms with Crippen molar-refractivity contribution in [2.45, 2.75) is 50.7 Å². The maximum atomic E-state index is 12.7. The lowest BCUT2D eigenvalue weighted by atomic mass is 9.97. The lowest BCUT2D eigenvalue weighted by Crippen LogP contribution is -2.29. The fourth-order valence-corrected chi connectivity index (χ4v) is 4.79. The van der Waals surface area contributed by atoms with Crippen LogP contribution in [0.25, 0.3) is 11.0 Å². The summed E-state index contributed by atoms with van der Waals surface area (Å²) in [4.78, 5) is 29.8. The summed E-state index contributed by atoms with van der Waals surface area (Å²) in [7, 11) is 0. The van der Waals surface area contributed by atoms with E-state index in [-0.39, 0.29) is 24.1 Å². The van der Waals surface area contributed by atoms with Crippen molar-refractivity contribution < 1.29 is 9.59 Å². The Balaban J connectivity index is 1.37. The molecule has 2 amide bonds. The third-order valence-electron chi connectivity index (χ3n) is 5.74. The van der Waals surface area contributed by atoms with Crippen LogP contribution >= 0.6 is 11.8 Å². The van der Waals surface area contributed by atoms with Crippen LogP contribution in [0.15, 0.2) is 65.3 Å². The van der Waals surface area contributed by atoms with Gasteiger partial charge in [-0.25, -0.2) is 4.98 Å². The Morgan fingerprint density at radius 1 is 1.06 bits per heavy atom. The maximum absolute atomic E-state index is 12.7. The highest BCUT2D eigenvalue weighted by molar-refractivity contribution is 7.99. The molecular weight excluding hydrogens is 432 g/mol. The van der Waals surface area contributed by atoms with E-state index >= 15 is 0 Å². The number of nitrogens with one attached hydrogen (secondary N) is 2. The fourth-order valence-electron chi connectivity index (χ4n) is 3.97. The third kappa shape index (κ3) is 6.48. The van der Waals surface area contributed by atoms with E-state index < -0.39 is 0 Å². The van der Waals surface area contributed by atoms with Crippen LogP contribution in [0.5, 0.6) is 0 Å². The Morgan fingerprint density at radius 3 is 2.67 bits per heavy atom. The number of carbonyl (C=O) groups is 2. The van der Waals surface area contributed by atoms with Crippen LogP contribution in [0.1, 0.15) is 37.7 Å². The summed E-state index contributed by atoms with van der Waals surface area (Å²) in [6.45, 7) is 2.84. The molecular formula is C26H30N4O2S. The number of para-hydroxylation sites is 2. The van der Waals surface area contributed by atoms with E-state index in [1.807, 2.05) is 60.0 Å². The molecule has 1 aliphatic carbocycles. The zero-order valence-corrected chi connectivity index (χ0v) is 19.8. The van der Waals surface area contributed by atoms with Crippen molar-refractivity contribution in [1.29, 1.82) is 0 Å². The Morgan fingerprint density at radius 2 is 1.88 bits per heavy atom. The van der Waals surface area contributed by atoms with Gasteiger partial charge in [-0.1, -0.05) is 53.2 Å². The highest BCUT2D eigenvalue weighted by Crippen LogP contribution is 2.24. The molecule has 4 rings (SSSR count). The van der Waals surface area contributed by atoms with Gasteiger partial charge in [0.25, 0.3) is 0 Å². The predicted octanol–water partition coefficient (Wildman–Crippen LogP) is 5.08. The van der Waals surface area contributed by atoms with E-state index in [9.17, 15) is 9.59 Å². The van der Waals surface area contributed by atoms with Gasteiger partial charge in [0.2, 0.25) is 11.8 Å². The van der Waals surface area contributed by atoms with Gasteiger partial charge in [-0.3, -0.25) is 9.59 Å². The van der Waals surface area contributed by atoms with Crippen LogP contribution in [0.3, 0.4) is 0 Å². The number of nitrogens with zero attached hydrogens (tertiary/aromatic N) is 2. The molecule has 7 heteroatoms. The Labute approximate surface area is 198 Å². The Bertz CT molecular complexity index is 1150. The third-order valence-corrected chi connectivity index (χ3v) is 6.72. The van der Waals surface area contributed by atoms with Crippen molar-refractivity contribution in [3.05, 3.63) is 65.7 Å². The number of fused-ring (bicyclic) bond motifs is 1. The molecule has 33 heavy (non-hydrogen) atoms. The van der Waals surface area contributed by atoms with Gasteiger partial charge in [-0.2, -0.15) is 0 Å². The number of benzene rings is 2. The van der Waals surface area contributed by atoms with E-state index in [4.69, 9.17) is 0 Å². The largest absolute Gasteiger partial charge is 0.354 e. The normalized spacial score (nSPS) is 13.5. The summed E-state index contributed by atoms with van der Waals surface area (Å²) in [5.41, 5.74) is 5.07. The molecule has 0 saturated heterocycles. The van der Waals surface area contributed by atoms with E-state index in [1.54, 1.807) is 0 Å². The summed E-state index contributed by atoms with van der Waals surface area (Å²) in [5, 5.41) is 6.62. The molecule has 0 atom stereocenters. The molecule has 1 heterocycles. The predicted molar refractivity (Wildman–Crippen MR) is 134 cm³/mol. The highest BCUT2D eigenvalue weighted by atomic mass is 32.2. The minimum atomic E-state index is -0.104. The zero-order chi connectivity index (χ0) is 23.0. The molecule has 2 aromatic carbocycles. The average molecular weight is 463 g/mol. The minimum Gasteiger partial charge on any atom is -0.354 e. The fraction of sp³-hybridized carbons (Fsp3) is 0.346. The Kier molecular flexibility index (Phi) is 7.83. The van der Waals surface area contributed by atoms with Crippen molar-refractivity contribution in [2.75, 3.05) is 17.6 Å². The van der Waals surface area contributed by atoms with Gasteiger partial charge in [-0.05, 0) is 63.3 Å². The van der Waals surface area contributed by atoms with E-state index in [0.717, 1.165) is 41.5 Å². The van der Waals surface area contributed by atoms with Crippen LogP contribution in [0.4, 0.5) is 5.69 Å². The summed E-state index contributed by atoms with van der Waals surface area (Å²) in [5.74, 6) is 0.0701. The monoisotopic (exact) mass is 462 g/mol. The van der Waals surface area contributed by atoms with Crippen molar-refractivity contribution >= 4 is 40.3 Å². The first-order valence-corrected chi connectivity index (χ1v) is 12.5. The zero-order valence-electron chi connectivity index (χ0n) is 19.0. The molecule has 3 aromatic rings. The quantitative estimate of drug-likeness (QED) is 0.343. The molecule has 6 nitrogen and oxygen atoms in total. The van der Waals surface area contributed by atoms with E-state index in [1.165, 1.54) is 30.2 Å². The first-order chi connectivity index (χ1) is 16.1.